The quantitative estimate of drug-likeness (QED) is 0.758. The Bertz CT molecular complexity index is 194. The van der Waals surface area contributed by atoms with Crippen molar-refractivity contribution in [1.82, 2.24) is 5.32 Å². The predicted molar refractivity (Wildman–Crippen MR) is 62.0 cm³/mol. The van der Waals surface area contributed by atoms with Crippen molar-refractivity contribution < 1.29 is 9.53 Å². The fourth-order valence-corrected chi connectivity index (χ4v) is 1.45. The number of hydrogen-bond donors (Lipinski definition) is 2. The largest absolute Gasteiger partial charge is 0.379 e. The summed E-state index contributed by atoms with van der Waals surface area (Å²) in [5.41, 5.74) is 5.72. The molecule has 1 aliphatic heterocycles. The van der Waals surface area contributed by atoms with Crippen molar-refractivity contribution in [3.8, 4) is 0 Å². The van der Waals surface area contributed by atoms with E-state index in [1.807, 2.05) is 13.8 Å². The lowest BCUT2D eigenvalue weighted by Gasteiger charge is -2.25. The Morgan fingerprint density at radius 3 is 2.67 bits per heavy atom. The average Bonchev–Trinajstić information content (AvgIpc) is 2.18. The second kappa shape index (κ2) is 7.04. The van der Waals surface area contributed by atoms with Crippen LogP contribution < -0.4 is 11.1 Å². The lowest BCUT2D eigenvalue weighted by atomic mass is 10.0. The molecule has 1 saturated heterocycles. The van der Waals surface area contributed by atoms with E-state index in [4.69, 9.17) is 10.5 Å². The zero-order chi connectivity index (χ0) is 10.6. The van der Waals surface area contributed by atoms with E-state index in [1.54, 1.807) is 0 Å². The van der Waals surface area contributed by atoms with Gasteiger partial charge in [-0.3, -0.25) is 4.79 Å². The van der Waals surface area contributed by atoms with E-state index < -0.39 is 6.04 Å². The Labute approximate surface area is 97.3 Å². The predicted octanol–water partition coefficient (Wildman–Crippen LogP) is 0.687. The van der Waals surface area contributed by atoms with E-state index in [1.165, 1.54) is 0 Å². The summed E-state index contributed by atoms with van der Waals surface area (Å²) in [6.45, 7) is 5.32. The van der Waals surface area contributed by atoms with Crippen LogP contribution in [0, 0.1) is 5.92 Å². The van der Waals surface area contributed by atoms with Crippen LogP contribution in [-0.4, -0.2) is 31.2 Å². The molecule has 0 saturated carbocycles. The van der Waals surface area contributed by atoms with E-state index in [0.717, 1.165) is 19.4 Å². The Hall–Kier alpha value is -0.320. The van der Waals surface area contributed by atoms with Gasteiger partial charge in [-0.1, -0.05) is 13.8 Å². The topological polar surface area (TPSA) is 64.4 Å². The van der Waals surface area contributed by atoms with Gasteiger partial charge in [0.05, 0.1) is 18.7 Å². The van der Waals surface area contributed by atoms with Crippen molar-refractivity contribution in [2.24, 2.45) is 11.7 Å². The van der Waals surface area contributed by atoms with Gasteiger partial charge in [-0.25, -0.2) is 0 Å². The number of hydrogen-bond acceptors (Lipinski definition) is 3. The molecule has 4 nitrogen and oxygen atoms in total. The monoisotopic (exact) mass is 236 g/mol. The first-order valence-electron chi connectivity index (χ1n) is 5.25. The van der Waals surface area contributed by atoms with Crippen LogP contribution in [0.2, 0.25) is 0 Å². The fraction of sp³-hybridized carbons (Fsp3) is 0.900. The molecule has 1 aliphatic rings. The van der Waals surface area contributed by atoms with Crippen LogP contribution in [0.3, 0.4) is 0 Å². The van der Waals surface area contributed by atoms with Crippen LogP contribution in [-0.2, 0) is 9.53 Å². The van der Waals surface area contributed by atoms with Gasteiger partial charge in [-0.15, -0.1) is 12.4 Å². The maximum atomic E-state index is 11.6. The van der Waals surface area contributed by atoms with E-state index in [2.05, 4.69) is 5.32 Å². The van der Waals surface area contributed by atoms with Gasteiger partial charge >= 0.3 is 0 Å². The Morgan fingerprint density at radius 2 is 2.20 bits per heavy atom. The number of carbonyl (C=O) groups is 1. The summed E-state index contributed by atoms with van der Waals surface area (Å²) in [6, 6.07) is -0.252. The summed E-state index contributed by atoms with van der Waals surface area (Å²) in [5.74, 6) is 0.120. The molecule has 2 unspecified atom stereocenters. The summed E-state index contributed by atoms with van der Waals surface area (Å²) in [4.78, 5) is 11.6. The van der Waals surface area contributed by atoms with E-state index in [0.29, 0.717) is 6.61 Å². The molecule has 90 valence electrons. The normalized spacial score (nSPS) is 23.1. The third kappa shape index (κ3) is 4.82. The number of amides is 1. The van der Waals surface area contributed by atoms with Crippen molar-refractivity contribution in [2.75, 3.05) is 13.2 Å². The molecule has 5 heteroatoms. The van der Waals surface area contributed by atoms with Crippen LogP contribution in [0.5, 0.6) is 0 Å². The zero-order valence-corrected chi connectivity index (χ0v) is 10.2. The smallest absolute Gasteiger partial charge is 0.237 e. The lowest BCUT2D eigenvalue weighted by Crippen LogP contribution is -2.50. The van der Waals surface area contributed by atoms with E-state index in [9.17, 15) is 4.79 Å². The van der Waals surface area contributed by atoms with Crippen LogP contribution in [0.15, 0.2) is 0 Å². The van der Waals surface area contributed by atoms with Crippen molar-refractivity contribution >= 4 is 18.3 Å². The van der Waals surface area contributed by atoms with Gasteiger partial charge < -0.3 is 15.8 Å². The van der Waals surface area contributed by atoms with Crippen molar-refractivity contribution in [3.05, 3.63) is 0 Å². The van der Waals surface area contributed by atoms with Crippen LogP contribution in [0.1, 0.15) is 26.7 Å². The average molecular weight is 237 g/mol. The fourth-order valence-electron chi connectivity index (χ4n) is 1.45. The van der Waals surface area contributed by atoms with E-state index >= 15 is 0 Å². The van der Waals surface area contributed by atoms with Crippen LogP contribution in [0.4, 0.5) is 0 Å². The summed E-state index contributed by atoms with van der Waals surface area (Å²) < 4.78 is 5.27. The molecule has 2 atom stereocenters. The second-order valence-electron chi connectivity index (χ2n) is 4.19. The molecule has 0 aromatic heterocycles. The number of carbonyl (C=O) groups excluding carboxylic acids is 1. The first-order chi connectivity index (χ1) is 6.61. The van der Waals surface area contributed by atoms with Gasteiger partial charge in [0.1, 0.15) is 0 Å². The molecule has 1 rings (SSSR count). The number of halogens is 1. The van der Waals surface area contributed by atoms with Gasteiger partial charge in [0.2, 0.25) is 5.91 Å². The highest BCUT2D eigenvalue weighted by molar-refractivity contribution is 5.85. The maximum absolute atomic E-state index is 11.6. The Morgan fingerprint density at radius 1 is 1.53 bits per heavy atom. The molecule has 1 heterocycles. The maximum Gasteiger partial charge on any atom is 0.237 e. The molecule has 0 bridgehead atoms. The zero-order valence-electron chi connectivity index (χ0n) is 9.36. The highest BCUT2D eigenvalue weighted by Crippen LogP contribution is 2.06. The number of nitrogens with one attached hydrogen (secondary N) is 1. The second-order valence-corrected chi connectivity index (χ2v) is 4.19. The SMILES string of the molecule is CC(C)C(N)C(=O)NC1CCCOC1.Cl. The molecule has 0 aliphatic carbocycles. The molecule has 15 heavy (non-hydrogen) atoms. The molecule has 0 aromatic carbocycles. The first kappa shape index (κ1) is 14.7. The van der Waals surface area contributed by atoms with Gasteiger partial charge in [0, 0.05) is 6.61 Å². The summed E-state index contributed by atoms with van der Waals surface area (Å²) in [6.07, 6.45) is 2.01. The minimum absolute atomic E-state index is 0. The molecule has 1 fully saturated rings. The lowest BCUT2D eigenvalue weighted by molar-refractivity contribution is -0.124. The Balaban J connectivity index is 0.00000196. The molecule has 0 radical (unpaired) electrons. The summed E-state index contributed by atoms with van der Waals surface area (Å²) in [7, 11) is 0. The minimum Gasteiger partial charge on any atom is -0.379 e. The molecule has 0 aromatic rings. The Kier molecular flexibility index (Phi) is 6.89. The van der Waals surface area contributed by atoms with Gasteiger partial charge in [-0.05, 0) is 18.8 Å². The first-order valence-corrected chi connectivity index (χ1v) is 5.25. The summed E-state index contributed by atoms with van der Waals surface area (Å²) >= 11 is 0. The van der Waals surface area contributed by atoms with Crippen LogP contribution >= 0.6 is 12.4 Å². The summed E-state index contributed by atoms with van der Waals surface area (Å²) in [5, 5.41) is 2.91. The molecular formula is C10H21ClN2O2. The standard InChI is InChI=1S/C10H20N2O2.ClH/c1-7(2)9(11)10(13)12-8-4-3-5-14-6-8;/h7-9H,3-6,11H2,1-2H3,(H,12,13);1H. The molecular weight excluding hydrogens is 216 g/mol. The molecule has 1 amide bonds. The van der Waals surface area contributed by atoms with Crippen molar-refractivity contribution in [2.45, 2.75) is 38.8 Å². The number of rotatable bonds is 3. The highest BCUT2D eigenvalue weighted by atomic mass is 35.5. The van der Waals surface area contributed by atoms with E-state index in [-0.39, 0.29) is 30.3 Å². The molecule has 0 spiro atoms. The van der Waals surface area contributed by atoms with Gasteiger partial charge in [0.15, 0.2) is 0 Å². The van der Waals surface area contributed by atoms with Gasteiger partial charge in [0.25, 0.3) is 0 Å². The molecule has 3 N–H and O–H groups in total. The third-order valence-electron chi connectivity index (χ3n) is 2.53. The van der Waals surface area contributed by atoms with Gasteiger partial charge in [-0.2, -0.15) is 0 Å². The third-order valence-corrected chi connectivity index (χ3v) is 2.53. The number of nitrogens with two attached hydrogens (primary N) is 1. The van der Waals surface area contributed by atoms with Crippen molar-refractivity contribution in [1.29, 1.82) is 0 Å². The highest BCUT2D eigenvalue weighted by Gasteiger charge is 2.21. The van der Waals surface area contributed by atoms with Crippen molar-refractivity contribution in [3.63, 3.8) is 0 Å². The van der Waals surface area contributed by atoms with Crippen LogP contribution in [0.25, 0.3) is 0 Å². The number of ether oxygens (including phenoxy) is 1. The minimum atomic E-state index is -0.406.